The smallest absolute Gasteiger partial charge is 0.0730 e. The van der Waals surface area contributed by atoms with E-state index in [2.05, 4.69) is 16.7 Å². The fourth-order valence-electron chi connectivity index (χ4n) is 3.47. The van der Waals surface area contributed by atoms with Crippen molar-refractivity contribution in [1.29, 1.82) is 0 Å². The second-order valence-corrected chi connectivity index (χ2v) is 5.30. The Bertz CT molecular complexity index is 369. The Morgan fingerprint density at radius 1 is 1.47 bits per heavy atom. The van der Waals surface area contributed by atoms with Gasteiger partial charge >= 0.3 is 0 Å². The molecule has 3 unspecified atom stereocenters. The van der Waals surface area contributed by atoms with Crippen LogP contribution in [0.2, 0.25) is 0 Å². The van der Waals surface area contributed by atoms with Crippen molar-refractivity contribution < 1.29 is 0 Å². The molecule has 2 saturated carbocycles. The van der Waals surface area contributed by atoms with E-state index in [1.807, 2.05) is 0 Å². The van der Waals surface area contributed by atoms with Gasteiger partial charge in [0.05, 0.1) is 17.6 Å². The summed E-state index contributed by atoms with van der Waals surface area (Å²) in [4.78, 5) is 0. The molecule has 3 heteroatoms. The Labute approximate surface area is 90.7 Å². The van der Waals surface area contributed by atoms with E-state index in [1.165, 1.54) is 25.7 Å². The Kier molecular flexibility index (Phi) is 2.01. The van der Waals surface area contributed by atoms with Gasteiger partial charge in [-0.1, -0.05) is 6.42 Å². The molecular formula is C12H19N3. The van der Waals surface area contributed by atoms with Gasteiger partial charge in [0.2, 0.25) is 0 Å². The number of rotatable bonds is 2. The Hall–Kier alpha value is -0.990. The van der Waals surface area contributed by atoms with Crippen molar-refractivity contribution in [3.63, 3.8) is 0 Å². The Morgan fingerprint density at radius 3 is 2.87 bits per heavy atom. The highest BCUT2D eigenvalue weighted by molar-refractivity contribution is 5.39. The number of fused-ring (bicyclic) bond motifs is 2. The minimum absolute atomic E-state index is 0.832. The molecule has 3 atom stereocenters. The molecule has 0 spiro atoms. The monoisotopic (exact) mass is 205 g/mol. The first-order chi connectivity index (χ1) is 7.24. The molecule has 2 aliphatic carbocycles. The summed E-state index contributed by atoms with van der Waals surface area (Å²) in [6.07, 6.45) is 7.60. The fraction of sp³-hybridized carbons (Fsp3) is 0.750. The van der Waals surface area contributed by atoms with Gasteiger partial charge in [-0.05, 0) is 43.9 Å². The fourth-order valence-corrected chi connectivity index (χ4v) is 3.47. The van der Waals surface area contributed by atoms with Crippen molar-refractivity contribution in [2.45, 2.75) is 39.2 Å². The average Bonchev–Trinajstić information content (AvgIpc) is 2.89. The van der Waals surface area contributed by atoms with Crippen LogP contribution in [0.1, 0.15) is 31.4 Å². The second kappa shape index (κ2) is 3.26. The summed E-state index contributed by atoms with van der Waals surface area (Å²) < 4.78 is 2.10. The first kappa shape index (κ1) is 9.25. The average molecular weight is 205 g/mol. The van der Waals surface area contributed by atoms with E-state index in [0.29, 0.717) is 0 Å². The number of hydrogen-bond acceptors (Lipinski definition) is 2. The van der Waals surface area contributed by atoms with Crippen molar-refractivity contribution >= 4 is 5.69 Å². The van der Waals surface area contributed by atoms with Gasteiger partial charge in [0, 0.05) is 6.54 Å². The van der Waals surface area contributed by atoms with Crippen molar-refractivity contribution in [2.24, 2.45) is 17.8 Å². The summed E-state index contributed by atoms with van der Waals surface area (Å²) in [5, 5.41) is 4.35. The van der Waals surface area contributed by atoms with Crippen LogP contribution in [-0.2, 0) is 6.54 Å². The molecule has 1 aromatic rings. The third-order valence-electron chi connectivity index (χ3n) is 4.43. The van der Waals surface area contributed by atoms with Crippen LogP contribution in [0.5, 0.6) is 0 Å². The van der Waals surface area contributed by atoms with E-state index < -0.39 is 0 Å². The lowest BCUT2D eigenvalue weighted by molar-refractivity contribution is 0.283. The maximum atomic E-state index is 5.81. The molecule has 0 aromatic carbocycles. The first-order valence-electron chi connectivity index (χ1n) is 6.02. The van der Waals surface area contributed by atoms with Crippen molar-refractivity contribution in [3.05, 3.63) is 11.9 Å². The largest absolute Gasteiger partial charge is 0.396 e. The summed E-state index contributed by atoms with van der Waals surface area (Å²) in [5.74, 6) is 2.86. The maximum Gasteiger partial charge on any atom is 0.0730 e. The molecule has 3 rings (SSSR count). The molecule has 3 nitrogen and oxygen atoms in total. The highest BCUT2D eigenvalue weighted by Gasteiger charge is 2.39. The van der Waals surface area contributed by atoms with Gasteiger partial charge in [-0.15, -0.1) is 0 Å². The van der Waals surface area contributed by atoms with Crippen LogP contribution in [0.15, 0.2) is 6.20 Å². The van der Waals surface area contributed by atoms with Crippen molar-refractivity contribution in [3.8, 4) is 0 Å². The number of anilines is 1. The minimum Gasteiger partial charge on any atom is -0.396 e. The molecule has 0 saturated heterocycles. The Balaban J connectivity index is 1.73. The van der Waals surface area contributed by atoms with Gasteiger partial charge < -0.3 is 5.73 Å². The van der Waals surface area contributed by atoms with Crippen LogP contribution in [0.25, 0.3) is 0 Å². The number of aromatic nitrogens is 2. The lowest BCUT2D eigenvalue weighted by Crippen LogP contribution is -2.18. The summed E-state index contributed by atoms with van der Waals surface area (Å²) in [6, 6.07) is 0. The van der Waals surface area contributed by atoms with Gasteiger partial charge in [-0.25, -0.2) is 0 Å². The highest BCUT2D eigenvalue weighted by atomic mass is 15.3. The lowest BCUT2D eigenvalue weighted by atomic mass is 9.89. The molecule has 0 radical (unpaired) electrons. The van der Waals surface area contributed by atoms with Crippen LogP contribution in [0.4, 0.5) is 5.69 Å². The maximum absolute atomic E-state index is 5.81. The predicted molar refractivity (Wildman–Crippen MR) is 60.3 cm³/mol. The van der Waals surface area contributed by atoms with Gasteiger partial charge in [0.15, 0.2) is 0 Å². The van der Waals surface area contributed by atoms with Gasteiger partial charge in [0.25, 0.3) is 0 Å². The van der Waals surface area contributed by atoms with Crippen LogP contribution in [-0.4, -0.2) is 9.78 Å². The molecule has 2 fully saturated rings. The highest BCUT2D eigenvalue weighted by Crippen LogP contribution is 2.48. The second-order valence-electron chi connectivity index (χ2n) is 5.30. The van der Waals surface area contributed by atoms with E-state index in [9.17, 15) is 0 Å². The zero-order chi connectivity index (χ0) is 10.4. The van der Waals surface area contributed by atoms with E-state index in [4.69, 9.17) is 5.73 Å². The molecule has 2 aliphatic rings. The van der Waals surface area contributed by atoms with E-state index in [-0.39, 0.29) is 0 Å². The predicted octanol–water partition coefficient (Wildman–Crippen LogP) is 2.21. The van der Waals surface area contributed by atoms with E-state index >= 15 is 0 Å². The number of nitrogens with two attached hydrogens (primary N) is 1. The zero-order valence-electron chi connectivity index (χ0n) is 9.32. The summed E-state index contributed by atoms with van der Waals surface area (Å²) in [7, 11) is 0. The van der Waals surface area contributed by atoms with Crippen LogP contribution < -0.4 is 5.73 Å². The quantitative estimate of drug-likeness (QED) is 0.804. The molecule has 0 amide bonds. The summed E-state index contributed by atoms with van der Waals surface area (Å²) >= 11 is 0. The molecule has 2 bridgehead atoms. The Morgan fingerprint density at radius 2 is 2.33 bits per heavy atom. The number of nitrogen functional groups attached to an aromatic ring is 1. The van der Waals surface area contributed by atoms with Crippen LogP contribution in [0, 0.1) is 24.7 Å². The number of hydrogen-bond donors (Lipinski definition) is 1. The topological polar surface area (TPSA) is 43.8 Å². The molecule has 2 N–H and O–H groups in total. The summed E-state index contributed by atoms with van der Waals surface area (Å²) in [6.45, 7) is 3.15. The molecular weight excluding hydrogens is 186 g/mol. The van der Waals surface area contributed by atoms with Crippen LogP contribution >= 0.6 is 0 Å². The number of nitrogens with zero attached hydrogens (tertiary/aromatic N) is 2. The van der Waals surface area contributed by atoms with E-state index in [1.54, 1.807) is 6.20 Å². The standard InChI is InChI=1S/C12H19N3/c1-8-12(13)6-14-15(8)7-11-5-9-2-3-10(11)4-9/h6,9-11H,2-5,7,13H2,1H3. The summed E-state index contributed by atoms with van der Waals surface area (Å²) in [5.41, 5.74) is 7.78. The third kappa shape index (κ3) is 1.45. The first-order valence-corrected chi connectivity index (χ1v) is 6.02. The van der Waals surface area contributed by atoms with Crippen LogP contribution in [0.3, 0.4) is 0 Å². The molecule has 1 heterocycles. The van der Waals surface area contributed by atoms with Gasteiger partial charge in [-0.3, -0.25) is 4.68 Å². The molecule has 15 heavy (non-hydrogen) atoms. The lowest BCUT2D eigenvalue weighted by Gasteiger charge is -2.22. The third-order valence-corrected chi connectivity index (χ3v) is 4.43. The van der Waals surface area contributed by atoms with E-state index in [0.717, 1.165) is 35.7 Å². The van der Waals surface area contributed by atoms with Gasteiger partial charge in [-0.2, -0.15) is 5.10 Å². The zero-order valence-corrected chi connectivity index (χ0v) is 9.32. The molecule has 0 aliphatic heterocycles. The molecule has 1 aromatic heterocycles. The molecule has 82 valence electrons. The van der Waals surface area contributed by atoms with Gasteiger partial charge in [0.1, 0.15) is 0 Å². The van der Waals surface area contributed by atoms with Crippen molar-refractivity contribution in [1.82, 2.24) is 9.78 Å². The normalized spacial score (nSPS) is 33.8. The SMILES string of the molecule is Cc1c(N)cnn1CC1CC2CCC1C2. The minimum atomic E-state index is 0.832. The van der Waals surface area contributed by atoms with Crippen molar-refractivity contribution in [2.75, 3.05) is 5.73 Å².